The summed E-state index contributed by atoms with van der Waals surface area (Å²) in [6.07, 6.45) is 1.44. The highest BCUT2D eigenvalue weighted by Crippen LogP contribution is 2.29. The number of benzene rings is 2. The molecule has 1 aromatic heterocycles. The Morgan fingerprint density at radius 3 is 2.52 bits per heavy atom. The highest BCUT2D eigenvalue weighted by atomic mass is 19.1. The standard InChI is InChI=1S/C24H25FN4O2/c1-31-22-9-5-3-7-19(22)21-10-11-23(28-27-21)29-14-12-17(13-15-29)24(30)26-16-18-6-2-4-8-20(18)25/h2-11,17H,12-16H2,1H3,(H,26,30). The largest absolute Gasteiger partial charge is 0.496 e. The first-order chi connectivity index (χ1) is 15.2. The molecule has 1 fully saturated rings. The third kappa shape index (κ3) is 4.82. The Labute approximate surface area is 181 Å². The van der Waals surface area contributed by atoms with Gasteiger partial charge in [0.1, 0.15) is 11.6 Å². The van der Waals surface area contributed by atoms with Crippen LogP contribution < -0.4 is 15.0 Å². The van der Waals surface area contributed by atoms with E-state index in [4.69, 9.17) is 4.74 Å². The van der Waals surface area contributed by atoms with Gasteiger partial charge in [0.05, 0.1) is 12.8 Å². The van der Waals surface area contributed by atoms with Crippen molar-refractivity contribution in [3.63, 3.8) is 0 Å². The van der Waals surface area contributed by atoms with Crippen molar-refractivity contribution in [2.45, 2.75) is 19.4 Å². The normalized spacial score (nSPS) is 14.3. The van der Waals surface area contributed by atoms with Gasteiger partial charge in [-0.25, -0.2) is 4.39 Å². The second kappa shape index (κ2) is 9.55. The number of halogens is 1. The van der Waals surface area contributed by atoms with Crippen molar-refractivity contribution in [1.82, 2.24) is 15.5 Å². The van der Waals surface area contributed by atoms with E-state index in [2.05, 4.69) is 20.4 Å². The Morgan fingerprint density at radius 1 is 1.06 bits per heavy atom. The van der Waals surface area contributed by atoms with Crippen LogP contribution in [0.5, 0.6) is 5.75 Å². The average Bonchev–Trinajstić information content (AvgIpc) is 2.83. The maximum Gasteiger partial charge on any atom is 0.223 e. The van der Waals surface area contributed by atoms with Crippen LogP contribution in [0.4, 0.5) is 10.2 Å². The summed E-state index contributed by atoms with van der Waals surface area (Å²) in [6.45, 7) is 1.66. The van der Waals surface area contributed by atoms with Crippen molar-refractivity contribution in [3.8, 4) is 17.0 Å². The number of nitrogens with one attached hydrogen (secondary N) is 1. The predicted molar refractivity (Wildman–Crippen MR) is 117 cm³/mol. The zero-order valence-electron chi connectivity index (χ0n) is 17.4. The molecular formula is C24H25FN4O2. The Balaban J connectivity index is 1.32. The van der Waals surface area contributed by atoms with Crippen molar-refractivity contribution >= 4 is 11.7 Å². The van der Waals surface area contributed by atoms with Crippen molar-refractivity contribution < 1.29 is 13.9 Å². The summed E-state index contributed by atoms with van der Waals surface area (Å²) in [5, 5.41) is 11.6. The molecule has 3 aromatic rings. The third-order valence-corrected chi connectivity index (χ3v) is 5.63. The van der Waals surface area contributed by atoms with Gasteiger partial charge >= 0.3 is 0 Å². The number of piperidine rings is 1. The molecule has 1 saturated heterocycles. The van der Waals surface area contributed by atoms with Crippen molar-refractivity contribution in [2.24, 2.45) is 5.92 Å². The summed E-state index contributed by atoms with van der Waals surface area (Å²) in [7, 11) is 1.64. The van der Waals surface area contributed by atoms with Gasteiger partial charge < -0.3 is 15.0 Å². The molecule has 1 aliphatic heterocycles. The highest BCUT2D eigenvalue weighted by Gasteiger charge is 2.26. The fourth-order valence-corrected chi connectivity index (χ4v) is 3.83. The summed E-state index contributed by atoms with van der Waals surface area (Å²) in [6, 6.07) is 18.1. The molecule has 0 atom stereocenters. The van der Waals surface area contributed by atoms with Gasteiger partial charge in [-0.1, -0.05) is 30.3 Å². The van der Waals surface area contributed by atoms with Crippen LogP contribution in [-0.4, -0.2) is 36.3 Å². The summed E-state index contributed by atoms with van der Waals surface area (Å²) >= 11 is 0. The quantitative estimate of drug-likeness (QED) is 0.657. The molecule has 0 radical (unpaired) electrons. The molecular weight excluding hydrogens is 395 g/mol. The number of aromatic nitrogens is 2. The number of rotatable bonds is 6. The molecule has 0 bridgehead atoms. The molecule has 160 valence electrons. The summed E-state index contributed by atoms with van der Waals surface area (Å²) in [5.74, 6) is 1.15. The zero-order chi connectivity index (χ0) is 21.6. The number of para-hydroxylation sites is 1. The van der Waals surface area contributed by atoms with Crippen LogP contribution in [0.25, 0.3) is 11.3 Å². The first-order valence-electron chi connectivity index (χ1n) is 10.4. The van der Waals surface area contributed by atoms with Crippen LogP contribution in [-0.2, 0) is 11.3 Å². The number of carbonyl (C=O) groups excluding carboxylic acids is 1. The van der Waals surface area contributed by atoms with Gasteiger partial charge in [0.15, 0.2) is 5.82 Å². The third-order valence-electron chi connectivity index (χ3n) is 5.63. The summed E-state index contributed by atoms with van der Waals surface area (Å²) < 4.78 is 19.1. The van der Waals surface area contributed by atoms with E-state index in [0.29, 0.717) is 5.56 Å². The lowest BCUT2D eigenvalue weighted by Gasteiger charge is -2.31. The number of methoxy groups -OCH3 is 1. The predicted octanol–water partition coefficient (Wildman–Crippen LogP) is 3.82. The Bertz CT molecular complexity index is 1030. The second-order valence-corrected chi connectivity index (χ2v) is 7.55. The Kier molecular flexibility index (Phi) is 6.40. The van der Waals surface area contributed by atoms with E-state index in [1.54, 1.807) is 25.3 Å². The van der Waals surface area contributed by atoms with Crippen molar-refractivity contribution in [2.75, 3.05) is 25.1 Å². The maximum absolute atomic E-state index is 13.7. The fourth-order valence-electron chi connectivity index (χ4n) is 3.83. The van der Waals surface area contributed by atoms with E-state index in [0.717, 1.165) is 48.8 Å². The molecule has 4 rings (SSSR count). The van der Waals surface area contributed by atoms with Gasteiger partial charge in [-0.3, -0.25) is 4.79 Å². The molecule has 0 spiro atoms. The molecule has 6 nitrogen and oxygen atoms in total. The smallest absolute Gasteiger partial charge is 0.223 e. The molecule has 31 heavy (non-hydrogen) atoms. The molecule has 7 heteroatoms. The highest BCUT2D eigenvalue weighted by molar-refractivity contribution is 5.79. The lowest BCUT2D eigenvalue weighted by Crippen LogP contribution is -2.40. The van der Waals surface area contributed by atoms with Crippen LogP contribution >= 0.6 is 0 Å². The van der Waals surface area contributed by atoms with Gasteiger partial charge in [0.25, 0.3) is 0 Å². The lowest BCUT2D eigenvalue weighted by molar-refractivity contribution is -0.125. The van der Waals surface area contributed by atoms with Gasteiger partial charge in [0.2, 0.25) is 5.91 Å². The Hall–Kier alpha value is -3.48. The minimum Gasteiger partial charge on any atom is -0.496 e. The minimum absolute atomic E-state index is 0.0273. The second-order valence-electron chi connectivity index (χ2n) is 7.55. The molecule has 0 aliphatic carbocycles. The molecule has 1 amide bonds. The summed E-state index contributed by atoms with van der Waals surface area (Å²) in [5.41, 5.74) is 2.15. The molecule has 1 N–H and O–H groups in total. The van der Waals surface area contributed by atoms with Crippen molar-refractivity contribution in [3.05, 3.63) is 72.0 Å². The fraction of sp³-hybridized carbons (Fsp3) is 0.292. The van der Waals surface area contributed by atoms with E-state index < -0.39 is 0 Å². The molecule has 0 saturated carbocycles. The van der Waals surface area contributed by atoms with E-state index in [-0.39, 0.29) is 24.2 Å². The lowest BCUT2D eigenvalue weighted by atomic mass is 9.96. The first-order valence-corrected chi connectivity index (χ1v) is 10.4. The van der Waals surface area contributed by atoms with Gasteiger partial charge in [-0.05, 0) is 43.2 Å². The van der Waals surface area contributed by atoms with Crippen LogP contribution in [0.2, 0.25) is 0 Å². The van der Waals surface area contributed by atoms with Crippen LogP contribution in [0.15, 0.2) is 60.7 Å². The number of anilines is 1. The zero-order valence-corrected chi connectivity index (χ0v) is 17.4. The van der Waals surface area contributed by atoms with Gasteiger partial charge in [-0.2, -0.15) is 0 Å². The number of carbonyl (C=O) groups is 1. The van der Waals surface area contributed by atoms with Gasteiger partial charge in [0, 0.05) is 36.7 Å². The van der Waals surface area contributed by atoms with Crippen LogP contribution in [0, 0.1) is 11.7 Å². The van der Waals surface area contributed by atoms with Crippen LogP contribution in [0.1, 0.15) is 18.4 Å². The number of amides is 1. The first kappa shape index (κ1) is 20.8. The van der Waals surface area contributed by atoms with Crippen molar-refractivity contribution in [1.29, 1.82) is 0 Å². The Morgan fingerprint density at radius 2 is 1.81 bits per heavy atom. The number of nitrogens with zero attached hydrogens (tertiary/aromatic N) is 3. The molecule has 2 aromatic carbocycles. The number of hydrogen-bond donors (Lipinski definition) is 1. The number of ether oxygens (including phenoxy) is 1. The van der Waals surface area contributed by atoms with E-state index >= 15 is 0 Å². The van der Waals surface area contributed by atoms with E-state index in [9.17, 15) is 9.18 Å². The SMILES string of the molecule is COc1ccccc1-c1ccc(N2CCC(C(=O)NCc3ccccc3F)CC2)nn1. The molecule has 1 aliphatic rings. The number of hydrogen-bond acceptors (Lipinski definition) is 5. The van der Waals surface area contributed by atoms with E-state index in [1.807, 2.05) is 36.4 Å². The average molecular weight is 420 g/mol. The van der Waals surface area contributed by atoms with E-state index in [1.165, 1.54) is 6.07 Å². The summed E-state index contributed by atoms with van der Waals surface area (Å²) in [4.78, 5) is 14.6. The maximum atomic E-state index is 13.7. The monoisotopic (exact) mass is 420 g/mol. The topological polar surface area (TPSA) is 67.3 Å². The molecule has 2 heterocycles. The van der Waals surface area contributed by atoms with Crippen LogP contribution in [0.3, 0.4) is 0 Å². The molecule has 0 unspecified atom stereocenters. The minimum atomic E-state index is -0.298. The van der Waals surface area contributed by atoms with Gasteiger partial charge in [-0.15, -0.1) is 10.2 Å².